The summed E-state index contributed by atoms with van der Waals surface area (Å²) in [7, 11) is 0. The van der Waals surface area contributed by atoms with Crippen molar-refractivity contribution < 1.29 is 4.74 Å². The van der Waals surface area contributed by atoms with Gasteiger partial charge in [-0.1, -0.05) is 27.7 Å². The van der Waals surface area contributed by atoms with Gasteiger partial charge in [-0.3, -0.25) is 0 Å². The molecule has 1 aromatic carbocycles. The highest BCUT2D eigenvalue weighted by Crippen LogP contribution is 2.29. The van der Waals surface area contributed by atoms with E-state index in [0.717, 1.165) is 74.2 Å². The van der Waals surface area contributed by atoms with Crippen LogP contribution in [-0.4, -0.2) is 54.2 Å². The lowest BCUT2D eigenvalue weighted by Gasteiger charge is -2.24. The molecule has 2 aromatic heterocycles. The number of aromatic nitrogens is 2. The summed E-state index contributed by atoms with van der Waals surface area (Å²) in [5.74, 6) is 2.64. The van der Waals surface area contributed by atoms with Gasteiger partial charge >= 0.3 is 0 Å². The molecule has 3 rings (SSSR count). The van der Waals surface area contributed by atoms with Crippen LogP contribution in [0.2, 0.25) is 0 Å². The third kappa shape index (κ3) is 6.41. The molecule has 0 fully saturated rings. The molecule has 2 N–H and O–H groups in total. The molecule has 0 bridgehead atoms. The van der Waals surface area contributed by atoms with E-state index in [1.54, 1.807) is 0 Å². The summed E-state index contributed by atoms with van der Waals surface area (Å²) in [4.78, 5) is 13.1. The van der Waals surface area contributed by atoms with E-state index >= 15 is 0 Å². The van der Waals surface area contributed by atoms with E-state index < -0.39 is 0 Å². The highest BCUT2D eigenvalue weighted by atomic mass is 16.5. The highest BCUT2D eigenvalue weighted by Gasteiger charge is 2.12. The molecule has 0 saturated heterocycles. The molecule has 6 heteroatoms. The van der Waals surface area contributed by atoms with Crippen LogP contribution < -0.4 is 15.0 Å². The second-order valence-corrected chi connectivity index (χ2v) is 8.67. The van der Waals surface area contributed by atoms with E-state index in [1.165, 1.54) is 16.6 Å². The topological polar surface area (TPSA) is 56.4 Å². The van der Waals surface area contributed by atoms with Crippen LogP contribution in [0, 0.1) is 13.8 Å². The first-order valence-corrected chi connectivity index (χ1v) is 12.5. The van der Waals surface area contributed by atoms with Gasteiger partial charge in [0.15, 0.2) is 0 Å². The Kier molecular flexibility index (Phi) is 9.01. The number of pyridine rings is 1. The van der Waals surface area contributed by atoms with E-state index in [0.29, 0.717) is 6.61 Å². The Morgan fingerprint density at radius 1 is 0.939 bits per heavy atom. The van der Waals surface area contributed by atoms with Crippen molar-refractivity contribution >= 4 is 28.2 Å². The van der Waals surface area contributed by atoms with Crippen molar-refractivity contribution in [3.05, 3.63) is 41.6 Å². The Labute approximate surface area is 199 Å². The highest BCUT2D eigenvalue weighted by molar-refractivity contribution is 5.88. The summed E-state index contributed by atoms with van der Waals surface area (Å²) < 4.78 is 6.20. The number of fused-ring (bicyclic) bond motifs is 1. The molecule has 3 aromatic rings. The van der Waals surface area contributed by atoms with Gasteiger partial charge in [-0.05, 0) is 63.5 Å². The smallest absolute Gasteiger partial charge is 0.136 e. The molecule has 2 heterocycles. The van der Waals surface area contributed by atoms with E-state index in [-0.39, 0.29) is 0 Å². The average molecular weight is 452 g/mol. The minimum absolute atomic E-state index is 0.667. The third-order valence-corrected chi connectivity index (χ3v) is 6.25. The number of rotatable bonds is 13. The zero-order valence-corrected chi connectivity index (χ0v) is 21.3. The van der Waals surface area contributed by atoms with Crippen LogP contribution in [0.15, 0.2) is 30.3 Å². The Morgan fingerprint density at radius 3 is 2.33 bits per heavy atom. The number of ether oxygens (including phenoxy) is 1. The van der Waals surface area contributed by atoms with Crippen LogP contribution >= 0.6 is 0 Å². The predicted molar refractivity (Wildman–Crippen MR) is 141 cm³/mol. The standard InChI is InChI=1S/C27H41N5O/c1-7-13-32(14-8-2)27-19-23(33-16-15-31(9-3)10-4)18-26(30-27)29-22-11-12-25-24(17-22)20(5)21(6)28-25/h11-12,17-19,28H,7-10,13-16H2,1-6H3,(H,29,30). The van der Waals surface area contributed by atoms with Gasteiger partial charge in [-0.2, -0.15) is 0 Å². The third-order valence-electron chi connectivity index (χ3n) is 6.25. The Hall–Kier alpha value is -2.73. The maximum Gasteiger partial charge on any atom is 0.136 e. The minimum Gasteiger partial charge on any atom is -0.492 e. The Bertz CT molecular complexity index is 1020. The van der Waals surface area contributed by atoms with Gasteiger partial charge in [0.05, 0.1) is 0 Å². The lowest BCUT2D eigenvalue weighted by atomic mass is 10.1. The monoisotopic (exact) mass is 451 g/mol. The van der Waals surface area contributed by atoms with Crippen LogP contribution in [0.1, 0.15) is 51.8 Å². The second kappa shape index (κ2) is 11.9. The number of anilines is 3. The largest absolute Gasteiger partial charge is 0.492 e. The molecule has 0 aliphatic carbocycles. The van der Waals surface area contributed by atoms with Crippen molar-refractivity contribution in [1.29, 1.82) is 0 Å². The zero-order chi connectivity index (χ0) is 23.8. The number of hydrogen-bond acceptors (Lipinski definition) is 5. The maximum atomic E-state index is 6.20. The molecule has 0 atom stereocenters. The Morgan fingerprint density at radius 2 is 1.67 bits per heavy atom. The van der Waals surface area contributed by atoms with Crippen molar-refractivity contribution in [1.82, 2.24) is 14.9 Å². The number of aromatic amines is 1. The molecular formula is C27H41N5O. The SMILES string of the molecule is CCCN(CCC)c1cc(OCCN(CC)CC)cc(Nc2ccc3[nH]c(C)c(C)c3c2)n1. The molecule has 33 heavy (non-hydrogen) atoms. The minimum atomic E-state index is 0.667. The number of hydrogen-bond donors (Lipinski definition) is 2. The number of aryl methyl sites for hydroxylation is 2. The molecular weight excluding hydrogens is 410 g/mol. The fourth-order valence-electron chi connectivity index (χ4n) is 4.20. The van der Waals surface area contributed by atoms with Crippen molar-refractivity contribution in [3.8, 4) is 5.75 Å². The number of H-pyrrole nitrogens is 1. The quantitative estimate of drug-likeness (QED) is 0.321. The van der Waals surface area contributed by atoms with Crippen molar-refractivity contribution in [2.24, 2.45) is 0 Å². The summed E-state index contributed by atoms with van der Waals surface area (Å²) >= 11 is 0. The number of nitrogens with one attached hydrogen (secondary N) is 2. The van der Waals surface area contributed by atoms with E-state index in [2.05, 4.69) is 85.9 Å². The van der Waals surface area contributed by atoms with Gasteiger partial charge in [0.1, 0.15) is 24.0 Å². The summed E-state index contributed by atoms with van der Waals surface area (Å²) in [6.07, 6.45) is 2.17. The first-order chi connectivity index (χ1) is 16.0. The van der Waals surface area contributed by atoms with Crippen molar-refractivity contribution in [2.75, 3.05) is 49.5 Å². The van der Waals surface area contributed by atoms with Gasteiger partial charge in [-0.25, -0.2) is 4.98 Å². The van der Waals surface area contributed by atoms with Crippen molar-refractivity contribution in [2.45, 2.75) is 54.4 Å². The molecule has 0 amide bonds. The first kappa shape index (κ1) is 24.9. The molecule has 0 spiro atoms. The fraction of sp³-hybridized carbons (Fsp3) is 0.519. The van der Waals surface area contributed by atoms with Crippen LogP contribution in [0.3, 0.4) is 0 Å². The number of benzene rings is 1. The summed E-state index contributed by atoms with van der Waals surface area (Å²) in [5.41, 5.74) is 4.68. The molecule has 0 radical (unpaired) electrons. The molecule has 6 nitrogen and oxygen atoms in total. The normalized spacial score (nSPS) is 11.4. The molecule has 0 saturated carbocycles. The summed E-state index contributed by atoms with van der Waals surface area (Å²) in [5, 5.41) is 4.77. The Balaban J connectivity index is 1.88. The van der Waals surface area contributed by atoms with Gasteiger partial charge in [0, 0.05) is 54.1 Å². The summed E-state index contributed by atoms with van der Waals surface area (Å²) in [6, 6.07) is 10.5. The molecule has 0 unspecified atom stereocenters. The maximum absolute atomic E-state index is 6.20. The number of nitrogens with zero attached hydrogens (tertiary/aromatic N) is 3. The summed E-state index contributed by atoms with van der Waals surface area (Å²) in [6.45, 7) is 18.7. The van der Waals surface area contributed by atoms with Crippen LogP contribution in [-0.2, 0) is 0 Å². The fourth-order valence-corrected chi connectivity index (χ4v) is 4.20. The van der Waals surface area contributed by atoms with Crippen molar-refractivity contribution in [3.63, 3.8) is 0 Å². The molecule has 180 valence electrons. The van der Waals surface area contributed by atoms with Crippen LogP contribution in [0.5, 0.6) is 5.75 Å². The van der Waals surface area contributed by atoms with Gasteiger partial charge < -0.3 is 24.8 Å². The molecule has 0 aliphatic heterocycles. The van der Waals surface area contributed by atoms with Gasteiger partial charge in [-0.15, -0.1) is 0 Å². The van der Waals surface area contributed by atoms with Gasteiger partial charge in [0.25, 0.3) is 0 Å². The predicted octanol–water partition coefficient (Wildman–Crippen LogP) is 6.27. The lowest BCUT2D eigenvalue weighted by molar-refractivity contribution is 0.223. The number of likely N-dealkylation sites (N-methyl/N-ethyl adjacent to an activating group) is 1. The first-order valence-electron chi connectivity index (χ1n) is 12.5. The lowest BCUT2D eigenvalue weighted by Crippen LogP contribution is -2.28. The van der Waals surface area contributed by atoms with Crippen LogP contribution in [0.4, 0.5) is 17.3 Å². The second-order valence-electron chi connectivity index (χ2n) is 8.67. The zero-order valence-electron chi connectivity index (χ0n) is 21.3. The average Bonchev–Trinajstić information content (AvgIpc) is 3.09. The van der Waals surface area contributed by atoms with Gasteiger partial charge in [0.2, 0.25) is 0 Å². The van der Waals surface area contributed by atoms with E-state index in [1.807, 2.05) is 6.07 Å². The van der Waals surface area contributed by atoms with Crippen LogP contribution in [0.25, 0.3) is 10.9 Å². The molecule has 0 aliphatic rings. The van der Waals surface area contributed by atoms with E-state index in [9.17, 15) is 0 Å². The van der Waals surface area contributed by atoms with E-state index in [4.69, 9.17) is 9.72 Å².